The minimum Gasteiger partial charge on any atom is -0.389 e. The smallest absolute Gasteiger partial charge is 0.127 e. The highest BCUT2D eigenvalue weighted by atomic mass is 19.1. The molecule has 2 rings (SSSR count). The Balaban J connectivity index is 2.03. The van der Waals surface area contributed by atoms with Gasteiger partial charge in [-0.2, -0.15) is 0 Å². The van der Waals surface area contributed by atoms with Gasteiger partial charge in [-0.05, 0) is 11.6 Å². The van der Waals surface area contributed by atoms with Crippen LogP contribution in [0.1, 0.15) is 11.1 Å². The van der Waals surface area contributed by atoms with E-state index in [2.05, 4.69) is 6.58 Å². The number of benzene rings is 2. The quantitative estimate of drug-likeness (QED) is 0.536. The zero-order valence-corrected chi connectivity index (χ0v) is 13.8. The maximum absolute atomic E-state index is 13.9. The summed E-state index contributed by atoms with van der Waals surface area (Å²) in [6, 6.07) is 16.7. The van der Waals surface area contributed by atoms with Gasteiger partial charge in [0.2, 0.25) is 0 Å². The van der Waals surface area contributed by atoms with E-state index in [-0.39, 0.29) is 12.4 Å². The van der Waals surface area contributed by atoms with Crippen molar-refractivity contribution in [2.24, 2.45) is 0 Å². The van der Waals surface area contributed by atoms with Gasteiger partial charge >= 0.3 is 0 Å². The first-order valence-corrected chi connectivity index (χ1v) is 8.05. The number of hydrogen-bond donors (Lipinski definition) is 1. The number of nitrogens with zero attached hydrogens (tertiary/aromatic N) is 1. The van der Waals surface area contributed by atoms with E-state index in [1.54, 1.807) is 18.2 Å². The second kappa shape index (κ2) is 9.98. The van der Waals surface area contributed by atoms with E-state index in [0.29, 0.717) is 31.8 Å². The Morgan fingerprint density at radius 3 is 2.50 bits per heavy atom. The molecule has 1 atom stereocenters. The van der Waals surface area contributed by atoms with E-state index in [0.717, 1.165) is 5.56 Å². The number of ether oxygens (including phenoxy) is 1. The van der Waals surface area contributed by atoms with Crippen molar-refractivity contribution in [2.45, 2.75) is 19.2 Å². The predicted molar refractivity (Wildman–Crippen MR) is 94.0 cm³/mol. The predicted octanol–water partition coefficient (Wildman–Crippen LogP) is 3.39. The fraction of sp³-hybridized carbons (Fsp3) is 0.300. The Morgan fingerprint density at radius 1 is 1.08 bits per heavy atom. The molecule has 0 fully saturated rings. The molecule has 0 aromatic heterocycles. The third-order valence-corrected chi connectivity index (χ3v) is 3.62. The average molecular weight is 329 g/mol. The van der Waals surface area contributed by atoms with Crippen molar-refractivity contribution in [1.29, 1.82) is 0 Å². The summed E-state index contributed by atoms with van der Waals surface area (Å²) in [7, 11) is 0. The first-order chi connectivity index (χ1) is 11.7. The first kappa shape index (κ1) is 18.3. The lowest BCUT2D eigenvalue weighted by atomic mass is 10.1. The van der Waals surface area contributed by atoms with Crippen LogP contribution in [0.2, 0.25) is 0 Å². The number of hydrogen-bond acceptors (Lipinski definition) is 3. The molecule has 2 aromatic carbocycles. The number of halogens is 1. The molecule has 4 heteroatoms. The summed E-state index contributed by atoms with van der Waals surface area (Å²) in [4.78, 5) is 2.02. The van der Waals surface area contributed by atoms with Crippen LogP contribution in [0, 0.1) is 5.82 Å². The molecule has 0 saturated heterocycles. The molecule has 0 saturated carbocycles. The molecule has 0 radical (unpaired) electrons. The van der Waals surface area contributed by atoms with Crippen LogP contribution in [-0.4, -0.2) is 35.9 Å². The van der Waals surface area contributed by atoms with Crippen LogP contribution in [0.5, 0.6) is 0 Å². The fourth-order valence-electron chi connectivity index (χ4n) is 2.53. The summed E-state index contributed by atoms with van der Waals surface area (Å²) >= 11 is 0. The van der Waals surface area contributed by atoms with Gasteiger partial charge in [-0.3, -0.25) is 4.90 Å². The van der Waals surface area contributed by atoms with Crippen molar-refractivity contribution in [3.05, 3.63) is 84.2 Å². The summed E-state index contributed by atoms with van der Waals surface area (Å²) < 4.78 is 19.3. The standard InChI is InChI=1S/C20H24FNO2/c1-2-12-24-16-19(23)15-22(13-17-8-4-3-5-9-17)14-18-10-6-7-11-20(18)21/h2-11,19,23H,1,12-16H2/t19-/m1/s1. The SMILES string of the molecule is C=CCOC[C@H](O)CN(Cc1ccccc1)Cc1ccccc1F. The zero-order chi connectivity index (χ0) is 17.2. The van der Waals surface area contributed by atoms with Crippen molar-refractivity contribution < 1.29 is 14.2 Å². The Bertz CT molecular complexity index is 618. The van der Waals surface area contributed by atoms with Crippen molar-refractivity contribution >= 4 is 0 Å². The van der Waals surface area contributed by atoms with E-state index in [1.165, 1.54) is 6.07 Å². The van der Waals surface area contributed by atoms with Crippen molar-refractivity contribution in [1.82, 2.24) is 4.90 Å². The van der Waals surface area contributed by atoms with E-state index in [4.69, 9.17) is 4.74 Å². The maximum atomic E-state index is 13.9. The van der Waals surface area contributed by atoms with Crippen LogP contribution >= 0.6 is 0 Å². The Morgan fingerprint density at radius 2 is 1.79 bits per heavy atom. The Hall–Kier alpha value is -2.01. The molecule has 24 heavy (non-hydrogen) atoms. The van der Waals surface area contributed by atoms with E-state index in [9.17, 15) is 9.50 Å². The Labute approximate surface area is 143 Å². The summed E-state index contributed by atoms with van der Waals surface area (Å²) in [5.41, 5.74) is 1.74. The van der Waals surface area contributed by atoms with Gasteiger partial charge in [0.25, 0.3) is 0 Å². The summed E-state index contributed by atoms with van der Waals surface area (Å²) in [5, 5.41) is 10.2. The van der Waals surface area contributed by atoms with Gasteiger partial charge < -0.3 is 9.84 Å². The maximum Gasteiger partial charge on any atom is 0.127 e. The van der Waals surface area contributed by atoms with Crippen LogP contribution in [0.25, 0.3) is 0 Å². The molecule has 0 bridgehead atoms. The van der Waals surface area contributed by atoms with Gasteiger partial charge in [-0.25, -0.2) is 4.39 Å². The molecule has 0 amide bonds. The first-order valence-electron chi connectivity index (χ1n) is 8.05. The number of aliphatic hydroxyl groups is 1. The van der Waals surface area contributed by atoms with E-state index >= 15 is 0 Å². The fourth-order valence-corrected chi connectivity index (χ4v) is 2.53. The molecule has 0 spiro atoms. The van der Waals surface area contributed by atoms with Crippen molar-refractivity contribution in [3.63, 3.8) is 0 Å². The second-order valence-electron chi connectivity index (χ2n) is 5.73. The molecule has 128 valence electrons. The van der Waals surface area contributed by atoms with Gasteiger partial charge in [0, 0.05) is 25.2 Å². The third-order valence-electron chi connectivity index (χ3n) is 3.62. The van der Waals surface area contributed by atoms with Crippen molar-refractivity contribution in [2.75, 3.05) is 19.8 Å². The number of rotatable bonds is 10. The monoisotopic (exact) mass is 329 g/mol. The highest BCUT2D eigenvalue weighted by Crippen LogP contribution is 2.13. The highest BCUT2D eigenvalue weighted by Gasteiger charge is 2.14. The zero-order valence-electron chi connectivity index (χ0n) is 13.8. The Kier molecular flexibility index (Phi) is 7.62. The molecule has 0 aliphatic rings. The van der Waals surface area contributed by atoms with Crippen LogP contribution < -0.4 is 0 Å². The van der Waals surface area contributed by atoms with Crippen LogP contribution in [-0.2, 0) is 17.8 Å². The second-order valence-corrected chi connectivity index (χ2v) is 5.73. The molecule has 0 aliphatic carbocycles. The molecular weight excluding hydrogens is 305 g/mol. The van der Waals surface area contributed by atoms with Gasteiger partial charge in [0.15, 0.2) is 0 Å². The lowest BCUT2D eigenvalue weighted by Gasteiger charge is -2.25. The van der Waals surface area contributed by atoms with Gasteiger partial charge in [-0.15, -0.1) is 6.58 Å². The molecule has 2 aromatic rings. The molecule has 0 unspecified atom stereocenters. The van der Waals surface area contributed by atoms with Gasteiger partial charge in [0.1, 0.15) is 5.82 Å². The normalized spacial score (nSPS) is 12.3. The van der Waals surface area contributed by atoms with Gasteiger partial charge in [0.05, 0.1) is 19.3 Å². The molecule has 0 aliphatic heterocycles. The minimum absolute atomic E-state index is 0.229. The molecule has 3 nitrogen and oxygen atoms in total. The third kappa shape index (κ3) is 6.24. The lowest BCUT2D eigenvalue weighted by Crippen LogP contribution is -2.34. The minimum atomic E-state index is -0.638. The molecule has 0 heterocycles. The summed E-state index contributed by atoms with van der Waals surface area (Å²) in [5.74, 6) is -0.229. The average Bonchev–Trinajstić information content (AvgIpc) is 2.58. The largest absolute Gasteiger partial charge is 0.389 e. The topological polar surface area (TPSA) is 32.7 Å². The van der Waals surface area contributed by atoms with Gasteiger partial charge in [-0.1, -0.05) is 54.6 Å². The molecular formula is C20H24FNO2. The number of aliphatic hydroxyl groups excluding tert-OH is 1. The van der Waals surface area contributed by atoms with Crippen LogP contribution in [0.15, 0.2) is 67.3 Å². The molecule has 1 N–H and O–H groups in total. The van der Waals surface area contributed by atoms with Crippen LogP contribution in [0.3, 0.4) is 0 Å². The lowest BCUT2D eigenvalue weighted by molar-refractivity contribution is 0.0226. The van der Waals surface area contributed by atoms with E-state index in [1.807, 2.05) is 41.3 Å². The highest BCUT2D eigenvalue weighted by molar-refractivity contribution is 5.18. The summed E-state index contributed by atoms with van der Waals surface area (Å²) in [6.07, 6.45) is 1.01. The summed E-state index contributed by atoms with van der Waals surface area (Å²) in [6.45, 7) is 5.68. The van der Waals surface area contributed by atoms with Crippen molar-refractivity contribution in [3.8, 4) is 0 Å². The van der Waals surface area contributed by atoms with E-state index < -0.39 is 6.10 Å². The van der Waals surface area contributed by atoms with Crippen LogP contribution in [0.4, 0.5) is 4.39 Å².